The molecule has 0 saturated heterocycles. The van der Waals surface area contributed by atoms with Gasteiger partial charge in [0.2, 0.25) is 0 Å². The van der Waals surface area contributed by atoms with E-state index in [0.717, 1.165) is 5.69 Å². The normalized spacial score (nSPS) is 10.1. The molecule has 2 heterocycles. The third kappa shape index (κ3) is 1.37. The highest BCUT2D eigenvalue weighted by molar-refractivity contribution is 5.61. The first kappa shape index (κ1) is 8.49. The van der Waals surface area contributed by atoms with Crippen molar-refractivity contribution >= 4 is 11.4 Å². The molecule has 0 atom stereocenters. The van der Waals surface area contributed by atoms with E-state index in [9.17, 15) is 0 Å². The Bertz CT molecular complexity index is 421. The number of hydrogen-bond acceptors (Lipinski definition) is 5. The molecule has 0 aliphatic carbocycles. The van der Waals surface area contributed by atoms with Gasteiger partial charge >= 0.3 is 0 Å². The molecule has 0 fully saturated rings. The first-order valence-corrected chi connectivity index (χ1v) is 4.11. The second kappa shape index (κ2) is 3.33. The summed E-state index contributed by atoms with van der Waals surface area (Å²) in [6.07, 6.45) is 4.76. The van der Waals surface area contributed by atoms with E-state index in [1.165, 1.54) is 4.80 Å². The highest BCUT2D eigenvalue weighted by Gasteiger charge is 2.06. The van der Waals surface area contributed by atoms with E-state index >= 15 is 0 Å². The molecule has 0 radical (unpaired) electrons. The molecule has 6 heteroatoms. The molecule has 0 aliphatic heterocycles. The van der Waals surface area contributed by atoms with Crippen LogP contribution in [0.3, 0.4) is 0 Å². The van der Waals surface area contributed by atoms with Crippen LogP contribution in [0.4, 0.5) is 11.4 Å². The summed E-state index contributed by atoms with van der Waals surface area (Å²) in [7, 11) is 1.80. The summed E-state index contributed by atoms with van der Waals surface area (Å²) in [6, 6.07) is 1.78. The predicted octanol–water partition coefficient (Wildman–Crippen LogP) is 0.286. The van der Waals surface area contributed by atoms with E-state index in [4.69, 9.17) is 5.73 Å². The van der Waals surface area contributed by atoms with Crippen LogP contribution in [0, 0.1) is 0 Å². The average Bonchev–Trinajstić information content (AvgIpc) is 2.70. The van der Waals surface area contributed by atoms with E-state index in [2.05, 4.69) is 20.5 Å². The van der Waals surface area contributed by atoms with Gasteiger partial charge in [-0.25, -0.2) is 4.98 Å². The summed E-state index contributed by atoms with van der Waals surface area (Å²) in [6.45, 7) is 0. The molecular weight excluding hydrogens is 180 g/mol. The van der Waals surface area contributed by atoms with E-state index in [1.54, 1.807) is 31.7 Å². The number of nitrogens with two attached hydrogens (primary N) is 1. The molecule has 3 N–H and O–H groups in total. The maximum Gasteiger partial charge on any atom is 0.197 e. The Hall–Kier alpha value is -2.11. The van der Waals surface area contributed by atoms with Crippen molar-refractivity contribution in [2.75, 3.05) is 18.1 Å². The number of nitrogens with zero attached hydrogens (tertiary/aromatic N) is 4. The van der Waals surface area contributed by atoms with Crippen LogP contribution < -0.4 is 11.1 Å². The topological polar surface area (TPSA) is 81.6 Å². The van der Waals surface area contributed by atoms with Crippen molar-refractivity contribution in [2.45, 2.75) is 0 Å². The monoisotopic (exact) mass is 190 g/mol. The molecule has 2 aromatic rings. The zero-order valence-corrected chi connectivity index (χ0v) is 7.68. The maximum atomic E-state index is 5.60. The second-order valence-electron chi connectivity index (χ2n) is 2.71. The fourth-order valence-corrected chi connectivity index (χ4v) is 1.14. The lowest BCUT2D eigenvalue weighted by Gasteiger charge is -2.06. The van der Waals surface area contributed by atoms with Crippen molar-refractivity contribution in [2.24, 2.45) is 0 Å². The van der Waals surface area contributed by atoms with Gasteiger partial charge in [0.05, 0.1) is 30.0 Å². The van der Waals surface area contributed by atoms with E-state index in [-0.39, 0.29) is 0 Å². The summed E-state index contributed by atoms with van der Waals surface area (Å²) in [5, 5.41) is 11.0. The zero-order chi connectivity index (χ0) is 9.97. The van der Waals surface area contributed by atoms with Crippen molar-refractivity contribution in [3.8, 4) is 5.82 Å². The van der Waals surface area contributed by atoms with Gasteiger partial charge < -0.3 is 11.1 Å². The van der Waals surface area contributed by atoms with Crippen molar-refractivity contribution < 1.29 is 0 Å². The van der Waals surface area contributed by atoms with Crippen LogP contribution in [-0.4, -0.2) is 27.0 Å². The van der Waals surface area contributed by atoms with Gasteiger partial charge in [-0.15, -0.1) is 4.80 Å². The van der Waals surface area contributed by atoms with Gasteiger partial charge in [0, 0.05) is 7.05 Å². The Kier molecular flexibility index (Phi) is 2.02. The lowest BCUT2D eigenvalue weighted by molar-refractivity contribution is 0.731. The number of nitrogens with one attached hydrogen (secondary N) is 1. The van der Waals surface area contributed by atoms with Gasteiger partial charge in [0.25, 0.3) is 0 Å². The van der Waals surface area contributed by atoms with Gasteiger partial charge in [0.15, 0.2) is 5.82 Å². The van der Waals surface area contributed by atoms with Crippen LogP contribution >= 0.6 is 0 Å². The molecule has 2 aromatic heterocycles. The molecule has 0 spiro atoms. The molecule has 0 saturated carbocycles. The molecule has 0 bridgehead atoms. The van der Waals surface area contributed by atoms with Crippen LogP contribution in [-0.2, 0) is 0 Å². The Labute approximate surface area is 80.8 Å². The minimum atomic E-state index is 0.602. The van der Waals surface area contributed by atoms with E-state index in [1.807, 2.05) is 0 Å². The number of hydrogen-bond donors (Lipinski definition) is 2. The third-order valence-corrected chi connectivity index (χ3v) is 1.77. The van der Waals surface area contributed by atoms with Crippen LogP contribution in [0.5, 0.6) is 0 Å². The molecule has 6 nitrogen and oxygen atoms in total. The summed E-state index contributed by atoms with van der Waals surface area (Å²) in [5.41, 5.74) is 7.00. The zero-order valence-electron chi connectivity index (χ0n) is 7.68. The molecule has 14 heavy (non-hydrogen) atoms. The fraction of sp³-hybridized carbons (Fsp3) is 0.125. The maximum absolute atomic E-state index is 5.60. The highest BCUT2D eigenvalue weighted by atomic mass is 15.5. The number of rotatable bonds is 2. The van der Waals surface area contributed by atoms with Crippen molar-refractivity contribution in [1.29, 1.82) is 0 Å². The Morgan fingerprint density at radius 2 is 2.07 bits per heavy atom. The van der Waals surface area contributed by atoms with Crippen molar-refractivity contribution in [1.82, 2.24) is 20.0 Å². The van der Waals surface area contributed by atoms with Gasteiger partial charge in [0.1, 0.15) is 0 Å². The predicted molar refractivity (Wildman–Crippen MR) is 53.1 cm³/mol. The first-order chi connectivity index (χ1) is 6.81. The van der Waals surface area contributed by atoms with Gasteiger partial charge in [-0.3, -0.25) is 0 Å². The van der Waals surface area contributed by atoms with Crippen LogP contribution in [0.1, 0.15) is 0 Å². The van der Waals surface area contributed by atoms with Crippen molar-refractivity contribution in [3.63, 3.8) is 0 Å². The Morgan fingerprint density at radius 3 is 2.71 bits per heavy atom. The number of nitrogen functional groups attached to an aromatic ring is 1. The minimum absolute atomic E-state index is 0.602. The SMILES string of the molecule is CNc1cc(N)cnc1-n1nccn1. The quantitative estimate of drug-likeness (QED) is 0.711. The summed E-state index contributed by atoms with van der Waals surface area (Å²) in [5.74, 6) is 0.631. The number of aromatic nitrogens is 4. The van der Waals surface area contributed by atoms with E-state index < -0.39 is 0 Å². The standard InChI is InChI=1S/C8H10N6/c1-10-7-4-6(9)5-11-8(7)14-12-2-3-13-14/h2-5,10H,9H2,1H3. The fourth-order valence-electron chi connectivity index (χ4n) is 1.14. The third-order valence-electron chi connectivity index (χ3n) is 1.77. The van der Waals surface area contributed by atoms with Crippen molar-refractivity contribution in [3.05, 3.63) is 24.7 Å². The summed E-state index contributed by atoms with van der Waals surface area (Å²) < 4.78 is 0. The minimum Gasteiger partial charge on any atom is -0.397 e. The lowest BCUT2D eigenvalue weighted by Crippen LogP contribution is -2.06. The van der Waals surface area contributed by atoms with Crippen LogP contribution in [0.25, 0.3) is 5.82 Å². The molecule has 0 aromatic carbocycles. The van der Waals surface area contributed by atoms with E-state index in [0.29, 0.717) is 11.5 Å². The van der Waals surface area contributed by atoms with Crippen LogP contribution in [0.15, 0.2) is 24.7 Å². The molecule has 2 rings (SSSR count). The molecule has 0 unspecified atom stereocenters. The van der Waals surface area contributed by atoms with Gasteiger partial charge in [-0.2, -0.15) is 10.2 Å². The highest BCUT2D eigenvalue weighted by Crippen LogP contribution is 2.17. The molecule has 72 valence electrons. The van der Waals surface area contributed by atoms with Crippen LogP contribution in [0.2, 0.25) is 0 Å². The molecule has 0 aliphatic rings. The van der Waals surface area contributed by atoms with Gasteiger partial charge in [-0.1, -0.05) is 0 Å². The Balaban J connectivity index is 2.53. The largest absolute Gasteiger partial charge is 0.397 e. The summed E-state index contributed by atoms with van der Waals surface area (Å²) >= 11 is 0. The molecular formula is C8H10N6. The lowest BCUT2D eigenvalue weighted by atomic mass is 10.3. The Morgan fingerprint density at radius 1 is 1.36 bits per heavy atom. The summed E-state index contributed by atoms with van der Waals surface area (Å²) in [4.78, 5) is 5.58. The van der Waals surface area contributed by atoms with Gasteiger partial charge in [-0.05, 0) is 6.07 Å². The second-order valence-corrected chi connectivity index (χ2v) is 2.71. The average molecular weight is 190 g/mol. The first-order valence-electron chi connectivity index (χ1n) is 4.11. The number of anilines is 2. The smallest absolute Gasteiger partial charge is 0.197 e. The number of pyridine rings is 1. The molecule has 0 amide bonds.